The zero-order valence-corrected chi connectivity index (χ0v) is 10.5. The summed E-state index contributed by atoms with van der Waals surface area (Å²) in [6.07, 6.45) is 3.01. The minimum atomic E-state index is -0.530. The van der Waals surface area contributed by atoms with Crippen molar-refractivity contribution in [2.24, 2.45) is 7.05 Å². The van der Waals surface area contributed by atoms with Crippen LogP contribution in [0.3, 0.4) is 0 Å². The zero-order chi connectivity index (χ0) is 11.2. The van der Waals surface area contributed by atoms with Gasteiger partial charge in [0, 0.05) is 16.8 Å². The van der Waals surface area contributed by atoms with Gasteiger partial charge in [-0.1, -0.05) is 11.6 Å². The summed E-state index contributed by atoms with van der Waals surface area (Å²) in [6, 6.07) is 0. The summed E-state index contributed by atoms with van der Waals surface area (Å²) in [5.41, 5.74) is 0.489. The van der Waals surface area contributed by atoms with E-state index in [4.69, 9.17) is 11.6 Å². The first kappa shape index (κ1) is 10.6. The molecule has 0 radical (unpaired) electrons. The van der Waals surface area contributed by atoms with Crippen molar-refractivity contribution in [3.05, 3.63) is 31.1 Å². The van der Waals surface area contributed by atoms with Gasteiger partial charge in [0.25, 0.3) is 0 Å². The lowest BCUT2D eigenvalue weighted by Gasteiger charge is -1.98. The zero-order valence-electron chi connectivity index (χ0n) is 7.57. The molecule has 0 saturated heterocycles. The number of nitro groups is 1. The van der Waals surface area contributed by atoms with Crippen molar-refractivity contribution in [3.8, 4) is 0 Å². The molecule has 2 aromatic heterocycles. The van der Waals surface area contributed by atoms with Crippen LogP contribution in [0.2, 0.25) is 5.02 Å². The van der Waals surface area contributed by atoms with E-state index in [0.717, 1.165) is 3.57 Å². The second-order valence-electron chi connectivity index (χ2n) is 3.00. The Bertz CT molecular complexity index is 567. The van der Waals surface area contributed by atoms with Gasteiger partial charge in [-0.15, -0.1) is 0 Å². The molecule has 0 spiro atoms. The van der Waals surface area contributed by atoms with Gasteiger partial charge in [-0.25, -0.2) is 4.98 Å². The quantitative estimate of drug-likeness (QED) is 0.457. The minimum absolute atomic E-state index is 0.148. The fourth-order valence-corrected chi connectivity index (χ4v) is 2.76. The van der Waals surface area contributed by atoms with Crippen LogP contribution in [0.5, 0.6) is 0 Å². The predicted octanol–water partition coefficient (Wildman–Crippen LogP) is 2.74. The van der Waals surface area contributed by atoms with E-state index in [1.54, 1.807) is 4.57 Å². The summed E-state index contributed by atoms with van der Waals surface area (Å²) >= 11 is 8.03. The highest BCUT2D eigenvalue weighted by Gasteiger charge is 2.19. The Hall–Kier alpha value is -0.890. The van der Waals surface area contributed by atoms with Crippen LogP contribution in [-0.2, 0) is 7.05 Å². The van der Waals surface area contributed by atoms with Gasteiger partial charge in [0.2, 0.25) is 0 Å². The third-order valence-corrected chi connectivity index (χ3v) is 3.25. The maximum atomic E-state index is 10.7. The Morgan fingerprint density at radius 2 is 2.33 bits per heavy atom. The van der Waals surface area contributed by atoms with Crippen LogP contribution in [0.25, 0.3) is 11.0 Å². The van der Waals surface area contributed by atoms with Gasteiger partial charge in [-0.3, -0.25) is 10.1 Å². The first-order chi connectivity index (χ1) is 7.02. The van der Waals surface area contributed by atoms with Gasteiger partial charge in [-0.2, -0.15) is 0 Å². The number of nitrogens with zero attached hydrogens (tertiary/aromatic N) is 3. The number of rotatable bonds is 1. The van der Waals surface area contributed by atoms with Gasteiger partial charge < -0.3 is 4.57 Å². The number of aromatic nitrogens is 2. The molecule has 5 nitrogen and oxygen atoms in total. The van der Waals surface area contributed by atoms with Crippen LogP contribution in [0, 0.1) is 13.7 Å². The summed E-state index contributed by atoms with van der Waals surface area (Å²) in [5, 5.41) is 11.4. The monoisotopic (exact) mass is 337 g/mol. The second kappa shape index (κ2) is 3.60. The number of hydrogen-bond acceptors (Lipinski definition) is 3. The molecule has 0 unspecified atom stereocenters. The van der Waals surface area contributed by atoms with E-state index >= 15 is 0 Å². The van der Waals surface area contributed by atoms with Crippen LogP contribution in [0.15, 0.2) is 12.4 Å². The van der Waals surface area contributed by atoms with Crippen molar-refractivity contribution in [2.45, 2.75) is 0 Å². The maximum absolute atomic E-state index is 10.7. The number of aryl methyl sites for hydroxylation is 1. The largest absolute Gasteiger partial charge is 0.334 e. The van der Waals surface area contributed by atoms with E-state index in [1.165, 1.54) is 6.20 Å². The number of pyridine rings is 1. The van der Waals surface area contributed by atoms with Crippen LogP contribution < -0.4 is 0 Å². The summed E-state index contributed by atoms with van der Waals surface area (Å²) < 4.78 is 2.64. The van der Waals surface area contributed by atoms with Crippen LogP contribution in [-0.4, -0.2) is 14.5 Å². The van der Waals surface area contributed by atoms with Crippen molar-refractivity contribution in [1.29, 1.82) is 0 Å². The Balaban J connectivity index is 2.89. The third-order valence-electron chi connectivity index (χ3n) is 2.05. The van der Waals surface area contributed by atoms with E-state index in [2.05, 4.69) is 27.6 Å². The molecule has 7 heteroatoms. The molecule has 78 valence electrons. The molecular weight excluding hydrogens is 332 g/mol. The molecule has 0 amide bonds. The van der Waals surface area contributed by atoms with E-state index in [9.17, 15) is 10.1 Å². The average Bonchev–Trinajstić information content (AvgIpc) is 2.43. The molecule has 0 aliphatic heterocycles. The van der Waals surface area contributed by atoms with E-state index < -0.39 is 4.92 Å². The standard InChI is InChI=1S/C8H5ClIN3O2/c1-12-3-4(10)6-7(9)5(13(14)15)2-11-8(6)12/h2-3H,1H3. The normalized spacial score (nSPS) is 10.9. The molecule has 0 bridgehead atoms. The highest BCUT2D eigenvalue weighted by molar-refractivity contribution is 14.1. The van der Waals surface area contributed by atoms with Crippen LogP contribution in [0.4, 0.5) is 5.69 Å². The lowest BCUT2D eigenvalue weighted by atomic mass is 10.3. The number of halogens is 2. The topological polar surface area (TPSA) is 61.0 Å². The first-order valence-corrected chi connectivity index (χ1v) is 5.41. The van der Waals surface area contributed by atoms with Gasteiger partial charge in [0.05, 0.1) is 10.3 Å². The summed E-state index contributed by atoms with van der Waals surface area (Å²) in [5.74, 6) is 0. The van der Waals surface area contributed by atoms with E-state index in [1.807, 2.05) is 13.2 Å². The highest BCUT2D eigenvalue weighted by atomic mass is 127. The van der Waals surface area contributed by atoms with Crippen LogP contribution in [0.1, 0.15) is 0 Å². The number of hydrogen-bond donors (Lipinski definition) is 0. The van der Waals surface area contributed by atoms with E-state index in [0.29, 0.717) is 11.0 Å². The molecule has 15 heavy (non-hydrogen) atoms. The average molecular weight is 338 g/mol. The molecule has 0 aromatic carbocycles. The third kappa shape index (κ3) is 1.57. The Morgan fingerprint density at radius 3 is 2.93 bits per heavy atom. The summed E-state index contributed by atoms with van der Waals surface area (Å²) in [6.45, 7) is 0. The Morgan fingerprint density at radius 1 is 1.67 bits per heavy atom. The SMILES string of the molecule is Cn1cc(I)c2c(Cl)c([N+](=O)[O-])cnc21. The molecule has 0 fully saturated rings. The predicted molar refractivity (Wildman–Crippen MR) is 65.1 cm³/mol. The molecule has 0 aliphatic rings. The summed E-state index contributed by atoms with van der Waals surface area (Å²) in [7, 11) is 1.82. The maximum Gasteiger partial charge on any atom is 0.306 e. The molecule has 2 aromatic rings. The molecule has 2 rings (SSSR count). The first-order valence-electron chi connectivity index (χ1n) is 3.95. The van der Waals surface area contributed by atoms with Crippen molar-refractivity contribution < 1.29 is 4.92 Å². The fourth-order valence-electron chi connectivity index (χ4n) is 1.37. The second-order valence-corrected chi connectivity index (χ2v) is 4.54. The van der Waals surface area contributed by atoms with Crippen molar-refractivity contribution in [1.82, 2.24) is 9.55 Å². The van der Waals surface area contributed by atoms with Gasteiger partial charge in [-0.05, 0) is 22.6 Å². The van der Waals surface area contributed by atoms with Crippen molar-refractivity contribution in [3.63, 3.8) is 0 Å². The minimum Gasteiger partial charge on any atom is -0.334 e. The van der Waals surface area contributed by atoms with Crippen molar-refractivity contribution >= 4 is 50.9 Å². The van der Waals surface area contributed by atoms with Gasteiger partial charge >= 0.3 is 5.69 Å². The highest BCUT2D eigenvalue weighted by Crippen LogP contribution is 2.34. The fraction of sp³-hybridized carbons (Fsp3) is 0.125. The molecular formula is C8H5ClIN3O2. The van der Waals surface area contributed by atoms with Crippen molar-refractivity contribution in [2.75, 3.05) is 0 Å². The summed E-state index contributed by atoms with van der Waals surface area (Å²) in [4.78, 5) is 14.1. The Labute approximate surface area is 103 Å². The lowest BCUT2D eigenvalue weighted by Crippen LogP contribution is -1.93. The van der Waals surface area contributed by atoms with E-state index in [-0.39, 0.29) is 10.7 Å². The molecule has 0 aliphatic carbocycles. The smallest absolute Gasteiger partial charge is 0.306 e. The molecule has 2 heterocycles. The van der Waals surface area contributed by atoms with Gasteiger partial charge in [0.15, 0.2) is 0 Å². The lowest BCUT2D eigenvalue weighted by molar-refractivity contribution is -0.384. The van der Waals surface area contributed by atoms with Crippen LogP contribution >= 0.6 is 34.2 Å². The molecule has 0 atom stereocenters. The molecule has 0 saturated carbocycles. The number of fused-ring (bicyclic) bond motifs is 1. The Kier molecular flexibility index (Phi) is 2.55. The van der Waals surface area contributed by atoms with Gasteiger partial charge in [0.1, 0.15) is 16.9 Å². The molecule has 0 N–H and O–H groups in total.